The van der Waals surface area contributed by atoms with Crippen molar-refractivity contribution in [2.24, 2.45) is 0 Å². The van der Waals surface area contributed by atoms with Crippen molar-refractivity contribution in [3.63, 3.8) is 0 Å². The van der Waals surface area contributed by atoms with Gasteiger partial charge in [0, 0.05) is 23.2 Å². The van der Waals surface area contributed by atoms with E-state index in [-0.39, 0.29) is 5.54 Å². The van der Waals surface area contributed by atoms with Crippen LogP contribution in [-0.4, -0.2) is 29.8 Å². The molecule has 5 heteroatoms. The summed E-state index contributed by atoms with van der Waals surface area (Å²) in [7, 11) is 0. The molecule has 1 aliphatic rings. The van der Waals surface area contributed by atoms with E-state index in [4.69, 9.17) is 9.84 Å². The maximum absolute atomic E-state index is 10.9. The first kappa shape index (κ1) is 14.5. The third-order valence-corrected chi connectivity index (χ3v) is 4.18. The van der Waals surface area contributed by atoms with E-state index in [9.17, 15) is 4.79 Å². The van der Waals surface area contributed by atoms with E-state index in [1.54, 1.807) is 12.1 Å². The summed E-state index contributed by atoms with van der Waals surface area (Å²) in [6.07, 6.45) is 2.17. The molecule has 0 amide bonds. The Kier molecular flexibility index (Phi) is 4.60. The highest BCUT2D eigenvalue weighted by atomic mass is 79.9. The molecule has 1 unspecified atom stereocenters. The SMILES string of the molecule is CC1(NCc2ccc(C(=O)O)cc2Br)CCCOC1. The molecule has 1 aliphatic heterocycles. The summed E-state index contributed by atoms with van der Waals surface area (Å²) >= 11 is 3.42. The molecule has 19 heavy (non-hydrogen) atoms. The van der Waals surface area contributed by atoms with Gasteiger partial charge in [0.15, 0.2) is 0 Å². The minimum Gasteiger partial charge on any atom is -0.478 e. The van der Waals surface area contributed by atoms with Gasteiger partial charge in [0.25, 0.3) is 0 Å². The average molecular weight is 328 g/mol. The number of hydrogen-bond acceptors (Lipinski definition) is 3. The van der Waals surface area contributed by atoms with Gasteiger partial charge in [0.05, 0.1) is 12.2 Å². The molecular formula is C14H18BrNO3. The third kappa shape index (κ3) is 3.78. The molecule has 1 aromatic rings. The van der Waals surface area contributed by atoms with Crippen LogP contribution in [0.2, 0.25) is 0 Å². The van der Waals surface area contributed by atoms with Crippen molar-refractivity contribution < 1.29 is 14.6 Å². The highest BCUT2D eigenvalue weighted by Gasteiger charge is 2.26. The summed E-state index contributed by atoms with van der Waals surface area (Å²) in [5, 5.41) is 12.4. The summed E-state index contributed by atoms with van der Waals surface area (Å²) in [4.78, 5) is 10.9. The summed E-state index contributed by atoms with van der Waals surface area (Å²) in [6, 6.07) is 5.11. The van der Waals surface area contributed by atoms with Gasteiger partial charge in [0.2, 0.25) is 0 Å². The molecule has 0 aromatic heterocycles. The standard InChI is InChI=1S/C14H18BrNO3/c1-14(5-2-6-19-9-14)16-8-11-4-3-10(13(17)18)7-12(11)15/h3-4,7,16H,2,5-6,8-9H2,1H3,(H,17,18). The van der Waals surface area contributed by atoms with Crippen LogP contribution in [0.25, 0.3) is 0 Å². The highest BCUT2D eigenvalue weighted by molar-refractivity contribution is 9.10. The van der Waals surface area contributed by atoms with Gasteiger partial charge in [-0.15, -0.1) is 0 Å². The Morgan fingerprint density at radius 2 is 2.37 bits per heavy atom. The molecular weight excluding hydrogens is 310 g/mol. The Morgan fingerprint density at radius 1 is 1.58 bits per heavy atom. The number of ether oxygens (including phenoxy) is 1. The van der Waals surface area contributed by atoms with Crippen molar-refractivity contribution in [1.82, 2.24) is 5.32 Å². The zero-order chi connectivity index (χ0) is 13.9. The lowest BCUT2D eigenvalue weighted by Crippen LogP contribution is -2.48. The second kappa shape index (κ2) is 6.03. The molecule has 0 radical (unpaired) electrons. The molecule has 1 atom stereocenters. The van der Waals surface area contributed by atoms with Gasteiger partial charge >= 0.3 is 5.97 Å². The second-order valence-corrected chi connectivity index (χ2v) is 6.04. The maximum atomic E-state index is 10.9. The molecule has 0 bridgehead atoms. The van der Waals surface area contributed by atoms with Crippen LogP contribution < -0.4 is 5.32 Å². The first-order chi connectivity index (χ1) is 9.00. The molecule has 2 rings (SSSR count). The zero-order valence-electron chi connectivity index (χ0n) is 10.9. The van der Waals surface area contributed by atoms with Gasteiger partial charge in [0.1, 0.15) is 0 Å². The molecule has 1 heterocycles. The van der Waals surface area contributed by atoms with Crippen molar-refractivity contribution in [2.45, 2.75) is 31.8 Å². The smallest absolute Gasteiger partial charge is 0.335 e. The second-order valence-electron chi connectivity index (χ2n) is 5.18. The molecule has 1 saturated heterocycles. The Bertz CT molecular complexity index is 470. The van der Waals surface area contributed by atoms with E-state index in [2.05, 4.69) is 28.2 Å². The van der Waals surface area contributed by atoms with Gasteiger partial charge < -0.3 is 15.2 Å². The van der Waals surface area contributed by atoms with E-state index in [0.717, 1.165) is 36.1 Å². The molecule has 0 spiro atoms. The third-order valence-electron chi connectivity index (χ3n) is 3.44. The fourth-order valence-corrected chi connectivity index (χ4v) is 2.72. The molecule has 1 fully saturated rings. The minimum absolute atomic E-state index is 0.00313. The Hall–Kier alpha value is -0.910. The normalized spacial score (nSPS) is 23.3. The van der Waals surface area contributed by atoms with Crippen molar-refractivity contribution in [1.29, 1.82) is 0 Å². The summed E-state index contributed by atoms with van der Waals surface area (Å²) in [5.74, 6) is -0.909. The van der Waals surface area contributed by atoms with Crippen LogP contribution in [0.15, 0.2) is 22.7 Å². The van der Waals surface area contributed by atoms with Crippen LogP contribution in [0.1, 0.15) is 35.7 Å². The van der Waals surface area contributed by atoms with Crippen LogP contribution >= 0.6 is 15.9 Å². The topological polar surface area (TPSA) is 58.6 Å². The lowest BCUT2D eigenvalue weighted by Gasteiger charge is -2.34. The van der Waals surface area contributed by atoms with Crippen LogP contribution in [0.3, 0.4) is 0 Å². The monoisotopic (exact) mass is 327 g/mol. The minimum atomic E-state index is -0.909. The van der Waals surface area contributed by atoms with Crippen LogP contribution in [0, 0.1) is 0 Å². The van der Waals surface area contributed by atoms with Gasteiger partial charge in [-0.25, -0.2) is 4.79 Å². The number of carboxylic acid groups (broad SMARTS) is 1. The van der Waals surface area contributed by atoms with Crippen molar-refractivity contribution in [2.75, 3.05) is 13.2 Å². The number of hydrogen-bond donors (Lipinski definition) is 2. The predicted molar refractivity (Wildman–Crippen MR) is 76.4 cm³/mol. The van der Waals surface area contributed by atoms with Gasteiger partial charge in [-0.1, -0.05) is 22.0 Å². The molecule has 0 aliphatic carbocycles. The van der Waals surface area contributed by atoms with Crippen LogP contribution in [0.4, 0.5) is 0 Å². The Balaban J connectivity index is 2.01. The number of carboxylic acids is 1. The van der Waals surface area contributed by atoms with E-state index in [1.807, 2.05) is 6.07 Å². The fraction of sp³-hybridized carbons (Fsp3) is 0.500. The number of nitrogens with one attached hydrogen (secondary N) is 1. The quantitative estimate of drug-likeness (QED) is 0.892. The summed E-state index contributed by atoms with van der Waals surface area (Å²) < 4.78 is 6.32. The van der Waals surface area contributed by atoms with Crippen molar-refractivity contribution in [3.8, 4) is 0 Å². The predicted octanol–water partition coefficient (Wildman–Crippen LogP) is 2.81. The van der Waals surface area contributed by atoms with E-state index >= 15 is 0 Å². The van der Waals surface area contributed by atoms with Gasteiger partial charge in [-0.05, 0) is 37.5 Å². The summed E-state index contributed by atoms with van der Waals surface area (Å²) in [5.41, 5.74) is 1.35. The molecule has 4 nitrogen and oxygen atoms in total. The number of aromatic carboxylic acids is 1. The van der Waals surface area contributed by atoms with Crippen molar-refractivity contribution >= 4 is 21.9 Å². The van der Waals surface area contributed by atoms with Crippen molar-refractivity contribution in [3.05, 3.63) is 33.8 Å². The molecule has 0 saturated carbocycles. The first-order valence-corrected chi connectivity index (χ1v) is 7.14. The number of rotatable bonds is 4. The lowest BCUT2D eigenvalue weighted by molar-refractivity contribution is 0.0277. The Labute approximate surface area is 121 Å². The molecule has 2 N–H and O–H groups in total. The largest absolute Gasteiger partial charge is 0.478 e. The Morgan fingerprint density at radius 3 is 2.95 bits per heavy atom. The molecule has 1 aromatic carbocycles. The van der Waals surface area contributed by atoms with Crippen LogP contribution in [-0.2, 0) is 11.3 Å². The average Bonchev–Trinajstić information content (AvgIpc) is 2.38. The fourth-order valence-electron chi connectivity index (χ4n) is 2.21. The number of carbonyl (C=O) groups is 1. The lowest BCUT2D eigenvalue weighted by atomic mass is 9.94. The first-order valence-electron chi connectivity index (χ1n) is 6.35. The molecule has 104 valence electrons. The van der Waals surface area contributed by atoms with Gasteiger partial charge in [-0.3, -0.25) is 0 Å². The van der Waals surface area contributed by atoms with E-state index in [1.165, 1.54) is 0 Å². The summed E-state index contributed by atoms with van der Waals surface area (Å²) in [6.45, 7) is 4.41. The van der Waals surface area contributed by atoms with E-state index < -0.39 is 5.97 Å². The van der Waals surface area contributed by atoms with E-state index in [0.29, 0.717) is 12.1 Å². The number of benzene rings is 1. The highest BCUT2D eigenvalue weighted by Crippen LogP contribution is 2.22. The zero-order valence-corrected chi connectivity index (χ0v) is 12.5. The van der Waals surface area contributed by atoms with Gasteiger partial charge in [-0.2, -0.15) is 0 Å². The number of halogens is 1. The van der Waals surface area contributed by atoms with Crippen LogP contribution in [0.5, 0.6) is 0 Å². The maximum Gasteiger partial charge on any atom is 0.335 e.